The first-order valence-corrected chi connectivity index (χ1v) is 6.53. The Kier molecular flexibility index (Phi) is 6.38. The molecule has 17 heavy (non-hydrogen) atoms. The van der Waals surface area contributed by atoms with Crippen LogP contribution >= 0.6 is 0 Å². The van der Waals surface area contributed by atoms with Gasteiger partial charge < -0.3 is 4.90 Å². The maximum absolute atomic E-state index is 4.06. The molecule has 0 bridgehead atoms. The zero-order valence-electron chi connectivity index (χ0n) is 11.2. The molecule has 0 aromatic carbocycles. The van der Waals surface area contributed by atoms with E-state index in [1.54, 1.807) is 0 Å². The summed E-state index contributed by atoms with van der Waals surface area (Å²) in [5, 5.41) is 0. The number of aromatic nitrogens is 1. The number of allylic oxidation sites excluding steroid dienone is 1. The SMILES string of the molecule is C=C(C)N(CCCCC)CCc1ccncc1. The standard InChI is InChI=1S/C15H24N2/c1-4-5-6-12-17(14(2)3)13-9-15-7-10-16-11-8-15/h7-8,10-11H,2,4-6,9,12-13H2,1,3H3. The molecule has 2 nitrogen and oxygen atoms in total. The van der Waals surface area contributed by atoms with E-state index < -0.39 is 0 Å². The van der Waals surface area contributed by atoms with Gasteiger partial charge in [0.05, 0.1) is 0 Å². The minimum atomic E-state index is 1.06. The molecule has 1 heterocycles. The second-order valence-corrected chi connectivity index (χ2v) is 4.53. The highest BCUT2D eigenvalue weighted by molar-refractivity contribution is 5.10. The quantitative estimate of drug-likeness (QED) is 0.636. The van der Waals surface area contributed by atoms with Gasteiger partial charge in [-0.3, -0.25) is 4.98 Å². The number of unbranched alkanes of at least 4 members (excludes halogenated alkanes) is 2. The molecule has 0 aliphatic heterocycles. The van der Waals surface area contributed by atoms with Gasteiger partial charge in [-0.1, -0.05) is 26.3 Å². The van der Waals surface area contributed by atoms with Gasteiger partial charge in [0.15, 0.2) is 0 Å². The topological polar surface area (TPSA) is 16.1 Å². The highest BCUT2D eigenvalue weighted by Gasteiger charge is 2.03. The van der Waals surface area contributed by atoms with E-state index in [1.807, 2.05) is 12.4 Å². The first-order chi connectivity index (χ1) is 8.24. The molecule has 0 saturated carbocycles. The molecular formula is C15H24N2. The molecule has 0 unspecified atom stereocenters. The molecule has 0 amide bonds. The Labute approximate surface area is 105 Å². The lowest BCUT2D eigenvalue weighted by molar-refractivity contribution is 0.340. The Morgan fingerprint density at radius 1 is 1.24 bits per heavy atom. The van der Waals surface area contributed by atoms with Crippen LogP contribution in [-0.2, 0) is 6.42 Å². The summed E-state index contributed by atoms with van der Waals surface area (Å²) >= 11 is 0. The van der Waals surface area contributed by atoms with Crippen LogP contribution in [0.1, 0.15) is 38.7 Å². The number of hydrogen-bond acceptors (Lipinski definition) is 2. The summed E-state index contributed by atoms with van der Waals surface area (Å²) in [6.45, 7) is 10.6. The van der Waals surface area contributed by atoms with Crippen LogP contribution in [0, 0.1) is 0 Å². The minimum absolute atomic E-state index is 1.06. The molecule has 0 atom stereocenters. The fraction of sp³-hybridized carbons (Fsp3) is 0.533. The predicted molar refractivity (Wildman–Crippen MR) is 73.9 cm³/mol. The van der Waals surface area contributed by atoms with E-state index in [-0.39, 0.29) is 0 Å². The van der Waals surface area contributed by atoms with Crippen molar-refractivity contribution in [2.75, 3.05) is 13.1 Å². The Hall–Kier alpha value is -1.31. The summed E-state index contributed by atoms with van der Waals surface area (Å²) in [4.78, 5) is 6.42. The summed E-state index contributed by atoms with van der Waals surface area (Å²) < 4.78 is 0. The van der Waals surface area contributed by atoms with E-state index >= 15 is 0 Å². The number of nitrogens with zero attached hydrogens (tertiary/aromatic N) is 2. The van der Waals surface area contributed by atoms with Crippen molar-refractivity contribution >= 4 is 0 Å². The monoisotopic (exact) mass is 232 g/mol. The largest absolute Gasteiger partial charge is 0.375 e. The fourth-order valence-corrected chi connectivity index (χ4v) is 1.86. The van der Waals surface area contributed by atoms with Gasteiger partial charge in [-0.25, -0.2) is 0 Å². The molecule has 0 N–H and O–H groups in total. The summed E-state index contributed by atoms with van der Waals surface area (Å²) in [6.07, 6.45) is 8.63. The minimum Gasteiger partial charge on any atom is -0.375 e. The molecule has 2 heteroatoms. The second kappa shape index (κ2) is 7.88. The van der Waals surface area contributed by atoms with Crippen LogP contribution in [0.3, 0.4) is 0 Å². The zero-order chi connectivity index (χ0) is 12.5. The van der Waals surface area contributed by atoms with E-state index in [1.165, 1.54) is 30.5 Å². The highest BCUT2D eigenvalue weighted by atomic mass is 15.1. The molecule has 0 fully saturated rings. The van der Waals surface area contributed by atoms with Gasteiger partial charge in [0.25, 0.3) is 0 Å². The molecule has 1 aromatic heterocycles. The van der Waals surface area contributed by atoms with Gasteiger partial charge in [0.1, 0.15) is 0 Å². The normalized spacial score (nSPS) is 10.2. The molecule has 0 radical (unpaired) electrons. The first kappa shape index (κ1) is 13.8. The third-order valence-electron chi connectivity index (χ3n) is 2.99. The average molecular weight is 232 g/mol. The van der Waals surface area contributed by atoms with Crippen LogP contribution in [0.5, 0.6) is 0 Å². The summed E-state index contributed by atoms with van der Waals surface area (Å²) in [6, 6.07) is 4.17. The second-order valence-electron chi connectivity index (χ2n) is 4.53. The van der Waals surface area contributed by atoms with Gasteiger partial charge in [-0.2, -0.15) is 0 Å². The summed E-state index contributed by atoms with van der Waals surface area (Å²) in [5.41, 5.74) is 2.52. The molecule has 1 aromatic rings. The van der Waals surface area contributed by atoms with Gasteiger partial charge >= 0.3 is 0 Å². The van der Waals surface area contributed by atoms with Gasteiger partial charge in [-0.15, -0.1) is 0 Å². The molecule has 0 saturated heterocycles. The number of pyridine rings is 1. The maximum Gasteiger partial charge on any atom is 0.0270 e. The Balaban J connectivity index is 2.36. The third kappa shape index (κ3) is 5.53. The van der Waals surface area contributed by atoms with Crippen molar-refractivity contribution in [2.24, 2.45) is 0 Å². The van der Waals surface area contributed by atoms with Crippen LogP contribution in [-0.4, -0.2) is 23.0 Å². The van der Waals surface area contributed by atoms with Crippen LogP contribution in [0.15, 0.2) is 36.8 Å². The van der Waals surface area contributed by atoms with Crippen molar-refractivity contribution < 1.29 is 0 Å². The summed E-state index contributed by atoms with van der Waals surface area (Å²) in [5.74, 6) is 0. The Bertz CT molecular complexity index is 319. The van der Waals surface area contributed by atoms with Crippen molar-refractivity contribution in [1.82, 2.24) is 9.88 Å². The lowest BCUT2D eigenvalue weighted by Gasteiger charge is -2.24. The summed E-state index contributed by atoms with van der Waals surface area (Å²) in [7, 11) is 0. The zero-order valence-corrected chi connectivity index (χ0v) is 11.2. The van der Waals surface area contributed by atoms with Gasteiger partial charge in [0, 0.05) is 31.2 Å². The molecular weight excluding hydrogens is 208 g/mol. The lowest BCUT2D eigenvalue weighted by Crippen LogP contribution is -2.25. The van der Waals surface area contributed by atoms with Crippen molar-refractivity contribution in [3.8, 4) is 0 Å². The lowest BCUT2D eigenvalue weighted by atomic mass is 10.1. The number of hydrogen-bond donors (Lipinski definition) is 0. The highest BCUT2D eigenvalue weighted by Crippen LogP contribution is 2.07. The Morgan fingerprint density at radius 3 is 2.53 bits per heavy atom. The van der Waals surface area contributed by atoms with E-state index in [2.05, 4.69) is 42.4 Å². The van der Waals surface area contributed by atoms with Crippen molar-refractivity contribution in [2.45, 2.75) is 39.5 Å². The fourth-order valence-electron chi connectivity index (χ4n) is 1.86. The van der Waals surface area contributed by atoms with Crippen molar-refractivity contribution in [3.63, 3.8) is 0 Å². The predicted octanol–water partition coefficient (Wildman–Crippen LogP) is 3.65. The van der Waals surface area contributed by atoms with Crippen molar-refractivity contribution in [3.05, 3.63) is 42.4 Å². The van der Waals surface area contributed by atoms with Crippen LogP contribution in [0.25, 0.3) is 0 Å². The van der Waals surface area contributed by atoms with Crippen molar-refractivity contribution in [1.29, 1.82) is 0 Å². The van der Waals surface area contributed by atoms with Gasteiger partial charge in [0.2, 0.25) is 0 Å². The van der Waals surface area contributed by atoms with E-state index in [4.69, 9.17) is 0 Å². The van der Waals surface area contributed by atoms with E-state index in [0.29, 0.717) is 0 Å². The molecule has 0 aliphatic carbocycles. The third-order valence-corrected chi connectivity index (χ3v) is 2.99. The van der Waals surface area contributed by atoms with Crippen LogP contribution in [0.4, 0.5) is 0 Å². The maximum atomic E-state index is 4.06. The molecule has 0 spiro atoms. The molecule has 94 valence electrons. The average Bonchev–Trinajstić information content (AvgIpc) is 2.34. The smallest absolute Gasteiger partial charge is 0.0270 e. The van der Waals surface area contributed by atoms with E-state index in [0.717, 1.165) is 19.5 Å². The van der Waals surface area contributed by atoms with Gasteiger partial charge in [-0.05, 0) is 37.5 Å². The van der Waals surface area contributed by atoms with E-state index in [9.17, 15) is 0 Å². The number of rotatable bonds is 8. The first-order valence-electron chi connectivity index (χ1n) is 6.53. The molecule has 1 rings (SSSR count). The van der Waals surface area contributed by atoms with Crippen LogP contribution < -0.4 is 0 Å². The molecule has 0 aliphatic rings. The van der Waals surface area contributed by atoms with Crippen LogP contribution in [0.2, 0.25) is 0 Å². The Morgan fingerprint density at radius 2 is 1.94 bits per heavy atom.